The molecule has 96 valence electrons. The molecule has 2 heterocycles. The van der Waals surface area contributed by atoms with Gasteiger partial charge in [-0.25, -0.2) is 0 Å². The van der Waals surface area contributed by atoms with E-state index in [1.165, 1.54) is 11.3 Å². The molecular weight excluding hydrogens is 254 g/mol. The average molecular weight is 267 g/mol. The molecule has 18 heavy (non-hydrogen) atoms. The Balaban J connectivity index is 1.92. The molecule has 1 N–H and O–H groups in total. The zero-order valence-electron chi connectivity index (χ0n) is 9.87. The van der Waals surface area contributed by atoms with Crippen molar-refractivity contribution in [1.82, 2.24) is 15.0 Å². The first-order chi connectivity index (χ1) is 8.65. The molecule has 2 aromatic heterocycles. The summed E-state index contributed by atoms with van der Waals surface area (Å²) in [5.41, 5.74) is 0. The average Bonchev–Trinajstić information content (AvgIpc) is 2.95. The molecule has 6 nitrogen and oxygen atoms in total. The van der Waals surface area contributed by atoms with Crippen LogP contribution in [0.1, 0.15) is 12.2 Å². The molecule has 0 unspecified atom stereocenters. The molecule has 0 aliphatic rings. The summed E-state index contributed by atoms with van der Waals surface area (Å²) in [6.45, 7) is 0.931. The highest BCUT2D eigenvalue weighted by Gasteiger charge is 2.11. The minimum atomic E-state index is -0.811. The van der Waals surface area contributed by atoms with Crippen LogP contribution in [-0.4, -0.2) is 39.7 Å². The summed E-state index contributed by atoms with van der Waals surface area (Å²) >= 11 is 1.53. The van der Waals surface area contributed by atoms with Gasteiger partial charge in [0, 0.05) is 6.54 Å². The number of thiophene rings is 1. The molecule has 0 atom stereocenters. The Morgan fingerprint density at radius 3 is 3.11 bits per heavy atom. The lowest BCUT2D eigenvalue weighted by Crippen LogP contribution is -2.21. The Kier molecular flexibility index (Phi) is 4.06. The van der Waals surface area contributed by atoms with E-state index in [1.54, 1.807) is 0 Å². The lowest BCUT2D eigenvalue weighted by Gasteiger charge is -2.11. The number of aromatic nitrogens is 2. The van der Waals surface area contributed by atoms with Gasteiger partial charge in [-0.3, -0.25) is 9.69 Å². The summed E-state index contributed by atoms with van der Waals surface area (Å²) in [5, 5.41) is 14.4. The van der Waals surface area contributed by atoms with Crippen LogP contribution in [0.15, 0.2) is 22.0 Å². The fourth-order valence-corrected chi connectivity index (χ4v) is 2.07. The van der Waals surface area contributed by atoms with Gasteiger partial charge < -0.3 is 9.63 Å². The smallest absolute Gasteiger partial charge is 0.304 e. The molecule has 0 saturated carbocycles. The molecule has 0 aromatic carbocycles. The van der Waals surface area contributed by atoms with Crippen molar-refractivity contribution in [1.29, 1.82) is 0 Å². The van der Waals surface area contributed by atoms with Gasteiger partial charge in [0.05, 0.1) is 17.8 Å². The van der Waals surface area contributed by atoms with Crippen molar-refractivity contribution >= 4 is 17.3 Å². The van der Waals surface area contributed by atoms with Gasteiger partial charge in [-0.1, -0.05) is 11.2 Å². The third kappa shape index (κ3) is 3.38. The zero-order valence-corrected chi connectivity index (χ0v) is 10.7. The number of carboxylic acid groups (broad SMARTS) is 1. The summed E-state index contributed by atoms with van der Waals surface area (Å²) in [4.78, 5) is 17.5. The van der Waals surface area contributed by atoms with Gasteiger partial charge in [0.15, 0.2) is 5.82 Å². The molecule has 2 aromatic rings. The molecule has 2 rings (SSSR count). The van der Waals surface area contributed by atoms with Gasteiger partial charge in [0.2, 0.25) is 0 Å². The first-order valence-corrected chi connectivity index (χ1v) is 6.30. The second-order valence-electron chi connectivity index (χ2n) is 3.87. The quantitative estimate of drug-likeness (QED) is 0.858. The van der Waals surface area contributed by atoms with Gasteiger partial charge in [-0.05, 0) is 18.5 Å². The van der Waals surface area contributed by atoms with Crippen molar-refractivity contribution in [2.24, 2.45) is 0 Å². The molecule has 0 fully saturated rings. The summed E-state index contributed by atoms with van der Waals surface area (Å²) in [5.74, 6) is 0.257. The van der Waals surface area contributed by atoms with Crippen molar-refractivity contribution in [2.45, 2.75) is 13.0 Å². The van der Waals surface area contributed by atoms with E-state index in [4.69, 9.17) is 9.63 Å². The standard InChI is InChI=1S/C11H13N3O3S/c1-14(5-4-10(15)16)7-9-12-11(17-13-9)8-3-2-6-18-8/h2-3,6H,4-5,7H2,1H3,(H,15,16). The lowest BCUT2D eigenvalue weighted by atomic mass is 10.4. The molecule has 0 spiro atoms. The van der Waals surface area contributed by atoms with E-state index >= 15 is 0 Å². The maximum absolute atomic E-state index is 10.4. The number of hydrogen-bond acceptors (Lipinski definition) is 6. The van der Waals surface area contributed by atoms with Crippen LogP contribution in [0.3, 0.4) is 0 Å². The maximum atomic E-state index is 10.4. The van der Waals surface area contributed by atoms with Gasteiger partial charge >= 0.3 is 5.97 Å². The predicted octanol–water partition coefficient (Wildman–Crippen LogP) is 1.70. The van der Waals surface area contributed by atoms with Crippen LogP contribution in [0.5, 0.6) is 0 Å². The van der Waals surface area contributed by atoms with Crippen LogP contribution in [0.2, 0.25) is 0 Å². The fourth-order valence-electron chi connectivity index (χ4n) is 1.43. The first kappa shape index (κ1) is 12.7. The van der Waals surface area contributed by atoms with Crippen LogP contribution in [0, 0.1) is 0 Å². The Hall–Kier alpha value is -1.73. The number of nitrogens with zero attached hydrogens (tertiary/aromatic N) is 3. The zero-order chi connectivity index (χ0) is 13.0. The normalized spacial score (nSPS) is 11.0. The summed E-state index contributed by atoms with van der Waals surface area (Å²) in [7, 11) is 1.82. The third-order valence-electron chi connectivity index (χ3n) is 2.32. The maximum Gasteiger partial charge on any atom is 0.304 e. The van der Waals surface area contributed by atoms with E-state index in [1.807, 2.05) is 29.5 Å². The van der Waals surface area contributed by atoms with Crippen LogP contribution in [0.4, 0.5) is 0 Å². The van der Waals surface area contributed by atoms with Crippen LogP contribution in [-0.2, 0) is 11.3 Å². The van der Waals surface area contributed by atoms with Crippen molar-refractivity contribution < 1.29 is 14.4 Å². The SMILES string of the molecule is CN(CCC(=O)O)Cc1noc(-c2cccs2)n1. The molecule has 0 saturated heterocycles. The summed E-state index contributed by atoms with van der Waals surface area (Å²) < 4.78 is 5.14. The molecule has 0 amide bonds. The van der Waals surface area contributed by atoms with Gasteiger partial charge in [-0.15, -0.1) is 11.3 Å². The highest BCUT2D eigenvalue weighted by molar-refractivity contribution is 7.13. The summed E-state index contributed by atoms with van der Waals surface area (Å²) in [6, 6.07) is 3.83. The minimum absolute atomic E-state index is 0.103. The van der Waals surface area contributed by atoms with Gasteiger partial charge in [0.25, 0.3) is 5.89 Å². The first-order valence-electron chi connectivity index (χ1n) is 5.42. The lowest BCUT2D eigenvalue weighted by molar-refractivity contribution is -0.137. The summed E-state index contributed by atoms with van der Waals surface area (Å²) in [6.07, 6.45) is 0.103. The molecule has 0 aliphatic carbocycles. The Bertz CT molecular complexity index is 509. The van der Waals surface area contributed by atoms with Crippen LogP contribution in [0.25, 0.3) is 10.8 Å². The predicted molar refractivity (Wildman–Crippen MR) is 66.2 cm³/mol. The van der Waals surface area contributed by atoms with Gasteiger partial charge in [0.1, 0.15) is 0 Å². The van der Waals surface area contributed by atoms with Crippen LogP contribution >= 0.6 is 11.3 Å². The largest absolute Gasteiger partial charge is 0.481 e. The highest BCUT2D eigenvalue weighted by Crippen LogP contribution is 2.22. The number of carbonyl (C=O) groups is 1. The number of aliphatic carboxylic acids is 1. The van der Waals surface area contributed by atoms with Crippen molar-refractivity contribution in [2.75, 3.05) is 13.6 Å². The Morgan fingerprint density at radius 1 is 1.61 bits per heavy atom. The van der Waals surface area contributed by atoms with Gasteiger partial charge in [-0.2, -0.15) is 4.98 Å². The van der Waals surface area contributed by atoms with Crippen LogP contribution < -0.4 is 0 Å². The number of rotatable bonds is 6. The van der Waals surface area contributed by atoms with Crippen molar-refractivity contribution in [3.8, 4) is 10.8 Å². The fraction of sp³-hybridized carbons (Fsp3) is 0.364. The monoisotopic (exact) mass is 267 g/mol. The topological polar surface area (TPSA) is 79.5 Å². The molecule has 7 heteroatoms. The minimum Gasteiger partial charge on any atom is -0.481 e. The van der Waals surface area contributed by atoms with E-state index in [0.29, 0.717) is 24.8 Å². The van der Waals surface area contributed by atoms with E-state index in [0.717, 1.165) is 4.88 Å². The van der Waals surface area contributed by atoms with E-state index < -0.39 is 5.97 Å². The van der Waals surface area contributed by atoms with Crippen molar-refractivity contribution in [3.63, 3.8) is 0 Å². The molecule has 0 aliphatic heterocycles. The number of hydrogen-bond donors (Lipinski definition) is 1. The highest BCUT2D eigenvalue weighted by atomic mass is 32.1. The number of carboxylic acids is 1. The second kappa shape index (κ2) is 5.74. The molecule has 0 radical (unpaired) electrons. The second-order valence-corrected chi connectivity index (χ2v) is 4.82. The van der Waals surface area contributed by atoms with Crippen molar-refractivity contribution in [3.05, 3.63) is 23.3 Å². The van der Waals surface area contributed by atoms with E-state index in [2.05, 4.69) is 10.1 Å². The Morgan fingerprint density at radius 2 is 2.44 bits per heavy atom. The van der Waals surface area contributed by atoms with E-state index in [9.17, 15) is 4.79 Å². The third-order valence-corrected chi connectivity index (χ3v) is 3.18. The molecular formula is C11H13N3O3S. The Labute approximate surface area is 108 Å². The van der Waals surface area contributed by atoms with E-state index in [-0.39, 0.29) is 6.42 Å². The molecule has 0 bridgehead atoms.